The van der Waals surface area contributed by atoms with Crippen LogP contribution in [-0.2, 0) is 14.8 Å². The molecule has 0 radical (unpaired) electrons. The second-order valence-electron chi connectivity index (χ2n) is 5.86. The molecule has 7 heteroatoms. The van der Waals surface area contributed by atoms with Gasteiger partial charge in [-0.05, 0) is 42.8 Å². The number of benzene rings is 2. The van der Waals surface area contributed by atoms with Gasteiger partial charge in [-0.1, -0.05) is 53.9 Å². The van der Waals surface area contributed by atoms with E-state index in [0.29, 0.717) is 12.2 Å². The Labute approximate surface area is 163 Å². The molecule has 0 spiro atoms. The van der Waals surface area contributed by atoms with Crippen molar-refractivity contribution in [1.82, 2.24) is 5.32 Å². The summed E-state index contributed by atoms with van der Waals surface area (Å²) in [5.41, 5.74) is 0.445. The Balaban J connectivity index is 2.25. The third kappa shape index (κ3) is 5.57. The number of nitrogens with one attached hydrogen (secondary N) is 1. The fourth-order valence-corrected chi connectivity index (χ4v) is 4.14. The molecular formula is C19H23BrN2O3S. The molecule has 0 saturated carbocycles. The Kier molecular flexibility index (Phi) is 7.66. The highest BCUT2D eigenvalue weighted by molar-refractivity contribution is 9.10. The van der Waals surface area contributed by atoms with Crippen LogP contribution in [0.3, 0.4) is 0 Å². The van der Waals surface area contributed by atoms with Gasteiger partial charge < -0.3 is 5.32 Å². The summed E-state index contributed by atoms with van der Waals surface area (Å²) in [5.74, 6) is -0.316. The molecule has 0 aliphatic rings. The minimum atomic E-state index is -3.84. The number of carbonyl (C=O) groups excluding carboxylic acids is 1. The predicted octanol–water partition coefficient (Wildman–Crippen LogP) is 3.95. The van der Waals surface area contributed by atoms with E-state index >= 15 is 0 Å². The van der Waals surface area contributed by atoms with Gasteiger partial charge in [-0.3, -0.25) is 9.10 Å². The summed E-state index contributed by atoms with van der Waals surface area (Å²) in [7, 11) is -3.84. The molecule has 0 aliphatic heterocycles. The first-order valence-corrected chi connectivity index (χ1v) is 10.8. The van der Waals surface area contributed by atoms with Crippen LogP contribution in [0.4, 0.5) is 5.69 Å². The van der Waals surface area contributed by atoms with Crippen LogP contribution >= 0.6 is 15.9 Å². The molecule has 0 aromatic heterocycles. The highest BCUT2D eigenvalue weighted by Crippen LogP contribution is 2.25. The number of unbranched alkanes of at least 4 members (excludes halogenated alkanes) is 2. The van der Waals surface area contributed by atoms with E-state index in [9.17, 15) is 13.2 Å². The topological polar surface area (TPSA) is 66.5 Å². The maximum atomic E-state index is 13.1. The summed E-state index contributed by atoms with van der Waals surface area (Å²) in [5, 5.41) is 2.80. The van der Waals surface area contributed by atoms with E-state index < -0.39 is 10.0 Å². The maximum absolute atomic E-state index is 13.1. The van der Waals surface area contributed by atoms with Gasteiger partial charge in [-0.2, -0.15) is 0 Å². The standard InChI is InChI=1S/C19H23BrN2O3S/c1-2-3-7-14-21-19(23)15-22(17-12-10-16(20)11-13-17)26(24,25)18-8-5-4-6-9-18/h4-6,8-13H,2-3,7,14-15H2,1H3,(H,21,23). The molecule has 2 aromatic carbocycles. The van der Waals surface area contributed by atoms with Crippen LogP contribution in [0.5, 0.6) is 0 Å². The molecule has 0 atom stereocenters. The van der Waals surface area contributed by atoms with Gasteiger partial charge in [0.15, 0.2) is 0 Å². The van der Waals surface area contributed by atoms with E-state index in [1.807, 2.05) is 0 Å². The summed E-state index contributed by atoms with van der Waals surface area (Å²) in [6, 6.07) is 15.0. The lowest BCUT2D eigenvalue weighted by atomic mass is 10.2. The second kappa shape index (κ2) is 9.73. The molecule has 0 saturated heterocycles. The molecule has 2 aromatic rings. The van der Waals surface area contributed by atoms with E-state index in [2.05, 4.69) is 28.2 Å². The second-order valence-corrected chi connectivity index (χ2v) is 8.64. The van der Waals surface area contributed by atoms with Crippen LogP contribution in [0.15, 0.2) is 64.0 Å². The molecule has 0 heterocycles. The van der Waals surface area contributed by atoms with E-state index in [4.69, 9.17) is 0 Å². The van der Waals surface area contributed by atoms with Gasteiger partial charge in [0.2, 0.25) is 5.91 Å². The van der Waals surface area contributed by atoms with E-state index in [1.54, 1.807) is 42.5 Å². The molecule has 0 aliphatic carbocycles. The molecule has 140 valence electrons. The minimum Gasteiger partial charge on any atom is -0.355 e. The molecule has 1 N–H and O–H groups in total. The highest BCUT2D eigenvalue weighted by atomic mass is 79.9. The van der Waals surface area contributed by atoms with Crippen LogP contribution in [0.25, 0.3) is 0 Å². The lowest BCUT2D eigenvalue weighted by Gasteiger charge is -2.24. The fourth-order valence-electron chi connectivity index (χ4n) is 2.43. The summed E-state index contributed by atoms with van der Waals surface area (Å²) in [4.78, 5) is 12.5. The van der Waals surface area contributed by atoms with Gasteiger partial charge in [-0.15, -0.1) is 0 Å². The molecule has 26 heavy (non-hydrogen) atoms. The van der Waals surface area contributed by atoms with Crippen molar-refractivity contribution in [1.29, 1.82) is 0 Å². The van der Waals surface area contributed by atoms with Crippen LogP contribution in [-0.4, -0.2) is 27.4 Å². The van der Waals surface area contributed by atoms with Gasteiger partial charge >= 0.3 is 0 Å². The average Bonchev–Trinajstić information content (AvgIpc) is 2.65. The van der Waals surface area contributed by atoms with E-state index in [-0.39, 0.29) is 17.3 Å². The van der Waals surface area contributed by atoms with Crippen molar-refractivity contribution in [2.45, 2.75) is 31.1 Å². The normalized spacial score (nSPS) is 11.2. The zero-order chi connectivity index (χ0) is 19.0. The lowest BCUT2D eigenvalue weighted by molar-refractivity contribution is -0.119. The molecule has 1 amide bonds. The van der Waals surface area contributed by atoms with E-state index in [1.165, 1.54) is 12.1 Å². The molecule has 2 rings (SSSR count). The molecule has 0 bridgehead atoms. The van der Waals surface area contributed by atoms with Gasteiger partial charge in [0, 0.05) is 11.0 Å². The van der Waals surface area contributed by atoms with Crippen LogP contribution in [0.2, 0.25) is 0 Å². The number of rotatable bonds is 9. The Morgan fingerprint density at radius 1 is 1.04 bits per heavy atom. The summed E-state index contributed by atoms with van der Waals surface area (Å²) < 4.78 is 28.1. The third-order valence-corrected chi connectivity index (χ3v) is 6.15. The van der Waals surface area contributed by atoms with Crippen molar-refractivity contribution in [3.05, 3.63) is 59.1 Å². The summed E-state index contributed by atoms with van der Waals surface area (Å²) in [6.45, 7) is 2.38. The van der Waals surface area contributed by atoms with Crippen molar-refractivity contribution in [2.75, 3.05) is 17.4 Å². The first-order valence-electron chi connectivity index (χ1n) is 8.55. The molecular weight excluding hydrogens is 416 g/mol. The zero-order valence-corrected chi connectivity index (χ0v) is 17.1. The van der Waals surface area contributed by atoms with Gasteiger partial charge in [-0.25, -0.2) is 8.42 Å². The number of hydrogen-bond donors (Lipinski definition) is 1. The SMILES string of the molecule is CCCCCNC(=O)CN(c1ccc(Br)cc1)S(=O)(=O)c1ccccc1. The third-order valence-electron chi connectivity index (χ3n) is 3.84. The number of hydrogen-bond acceptors (Lipinski definition) is 3. The fraction of sp³-hybridized carbons (Fsp3) is 0.316. The van der Waals surface area contributed by atoms with E-state index in [0.717, 1.165) is 28.0 Å². The lowest BCUT2D eigenvalue weighted by Crippen LogP contribution is -2.41. The van der Waals surface area contributed by atoms with Crippen molar-refractivity contribution in [3.8, 4) is 0 Å². The first kappa shape index (κ1) is 20.5. The van der Waals surface area contributed by atoms with Crippen molar-refractivity contribution < 1.29 is 13.2 Å². The van der Waals surface area contributed by atoms with Crippen molar-refractivity contribution in [2.24, 2.45) is 0 Å². The Hall–Kier alpha value is -1.86. The highest BCUT2D eigenvalue weighted by Gasteiger charge is 2.26. The maximum Gasteiger partial charge on any atom is 0.264 e. The Morgan fingerprint density at radius 2 is 1.69 bits per heavy atom. The average molecular weight is 439 g/mol. The smallest absolute Gasteiger partial charge is 0.264 e. The number of carbonyl (C=O) groups is 1. The summed E-state index contributed by atoms with van der Waals surface area (Å²) in [6.07, 6.45) is 2.97. The Morgan fingerprint density at radius 3 is 2.31 bits per heavy atom. The molecule has 0 unspecified atom stereocenters. The first-order chi connectivity index (χ1) is 12.4. The Bertz CT molecular complexity index is 808. The number of sulfonamides is 1. The molecule has 0 fully saturated rings. The van der Waals surface area contributed by atoms with Crippen LogP contribution in [0, 0.1) is 0 Å². The monoisotopic (exact) mass is 438 g/mol. The zero-order valence-electron chi connectivity index (χ0n) is 14.7. The van der Waals surface area contributed by atoms with Crippen molar-refractivity contribution >= 4 is 37.5 Å². The van der Waals surface area contributed by atoms with Gasteiger partial charge in [0.25, 0.3) is 10.0 Å². The largest absolute Gasteiger partial charge is 0.355 e. The number of amides is 1. The number of anilines is 1. The van der Waals surface area contributed by atoms with Gasteiger partial charge in [0.05, 0.1) is 10.6 Å². The van der Waals surface area contributed by atoms with Crippen LogP contribution in [0.1, 0.15) is 26.2 Å². The number of halogens is 1. The summed E-state index contributed by atoms with van der Waals surface area (Å²) >= 11 is 3.34. The number of nitrogens with zero attached hydrogens (tertiary/aromatic N) is 1. The van der Waals surface area contributed by atoms with Crippen LogP contribution < -0.4 is 9.62 Å². The minimum absolute atomic E-state index is 0.154. The quantitative estimate of drug-likeness (QED) is 0.602. The molecule has 5 nitrogen and oxygen atoms in total. The van der Waals surface area contributed by atoms with Crippen molar-refractivity contribution in [3.63, 3.8) is 0 Å². The predicted molar refractivity (Wildman–Crippen MR) is 108 cm³/mol. The van der Waals surface area contributed by atoms with Gasteiger partial charge in [0.1, 0.15) is 6.54 Å².